The zero-order chi connectivity index (χ0) is 17.5. The molecule has 3 heteroatoms. The number of hydrogen-bond acceptors (Lipinski definition) is 2. The van der Waals surface area contributed by atoms with Crippen molar-refractivity contribution in [2.24, 2.45) is 0 Å². The first-order valence-electron chi connectivity index (χ1n) is 7.95. The Labute approximate surface area is 152 Å². The maximum atomic E-state index is 12.1. The molecule has 3 aromatic carbocycles. The zero-order valence-corrected chi connectivity index (χ0v) is 14.3. The monoisotopic (exact) mass is 348 g/mol. The fourth-order valence-electron chi connectivity index (χ4n) is 2.30. The van der Waals surface area contributed by atoms with Crippen LogP contribution in [0.3, 0.4) is 0 Å². The predicted octanol–water partition coefficient (Wildman–Crippen LogP) is 5.82. The highest BCUT2D eigenvalue weighted by Gasteiger charge is 2.01. The summed E-state index contributed by atoms with van der Waals surface area (Å²) in [6.07, 6.45) is 3.35. The van der Waals surface area contributed by atoms with Crippen LogP contribution in [0.15, 0.2) is 84.9 Å². The molecule has 0 unspecified atom stereocenters. The van der Waals surface area contributed by atoms with Gasteiger partial charge in [-0.1, -0.05) is 60.1 Å². The van der Waals surface area contributed by atoms with Crippen LogP contribution < -0.4 is 4.74 Å². The summed E-state index contributed by atoms with van der Waals surface area (Å²) in [7, 11) is 0. The second-order valence-electron chi connectivity index (χ2n) is 5.55. The summed E-state index contributed by atoms with van der Waals surface area (Å²) in [5.41, 5.74) is 2.68. The van der Waals surface area contributed by atoms with Crippen LogP contribution in [-0.4, -0.2) is 5.78 Å². The third-order valence-corrected chi connectivity index (χ3v) is 3.94. The third kappa shape index (κ3) is 5.07. The molecule has 0 atom stereocenters. The first-order valence-corrected chi connectivity index (χ1v) is 8.33. The molecular formula is C22H17ClO2. The first kappa shape index (κ1) is 17.0. The van der Waals surface area contributed by atoms with E-state index in [1.54, 1.807) is 36.4 Å². The molecule has 0 saturated carbocycles. The van der Waals surface area contributed by atoms with E-state index in [2.05, 4.69) is 0 Å². The number of ketones is 1. The third-order valence-electron chi connectivity index (χ3n) is 3.68. The lowest BCUT2D eigenvalue weighted by atomic mass is 10.1. The van der Waals surface area contributed by atoms with Gasteiger partial charge in [-0.2, -0.15) is 0 Å². The summed E-state index contributed by atoms with van der Waals surface area (Å²) in [5.74, 6) is 0.742. The van der Waals surface area contributed by atoms with Crippen molar-refractivity contribution in [1.82, 2.24) is 0 Å². The minimum Gasteiger partial charge on any atom is -0.489 e. The van der Waals surface area contributed by atoms with E-state index >= 15 is 0 Å². The molecule has 0 aliphatic carbocycles. The average Bonchev–Trinajstić information content (AvgIpc) is 2.67. The van der Waals surface area contributed by atoms with Crippen molar-refractivity contribution >= 4 is 23.5 Å². The molecule has 0 spiro atoms. The number of carbonyl (C=O) groups is 1. The van der Waals surface area contributed by atoms with Gasteiger partial charge < -0.3 is 4.74 Å². The van der Waals surface area contributed by atoms with E-state index in [0.717, 1.165) is 16.9 Å². The number of rotatable bonds is 6. The topological polar surface area (TPSA) is 26.3 Å². The normalized spacial score (nSPS) is 10.8. The summed E-state index contributed by atoms with van der Waals surface area (Å²) in [6, 6.07) is 24.5. The van der Waals surface area contributed by atoms with Crippen LogP contribution in [0.5, 0.6) is 5.75 Å². The Hall–Kier alpha value is -2.84. The van der Waals surface area contributed by atoms with Crippen LogP contribution in [0.4, 0.5) is 0 Å². The van der Waals surface area contributed by atoms with Gasteiger partial charge in [0.05, 0.1) is 0 Å². The van der Waals surface area contributed by atoms with E-state index in [0.29, 0.717) is 17.2 Å². The lowest BCUT2D eigenvalue weighted by molar-refractivity contribution is 0.104. The smallest absolute Gasteiger partial charge is 0.185 e. The highest BCUT2D eigenvalue weighted by Crippen LogP contribution is 2.16. The summed E-state index contributed by atoms with van der Waals surface area (Å²) in [5, 5.41) is 0.617. The number of allylic oxidation sites excluding steroid dienone is 1. The van der Waals surface area contributed by atoms with E-state index in [-0.39, 0.29) is 5.78 Å². The van der Waals surface area contributed by atoms with E-state index in [1.165, 1.54) is 0 Å². The Balaban J connectivity index is 1.58. The summed E-state index contributed by atoms with van der Waals surface area (Å²) >= 11 is 5.83. The summed E-state index contributed by atoms with van der Waals surface area (Å²) in [4.78, 5) is 12.1. The standard InChI is InChI=1S/C22H17ClO2/c23-20-11-9-19(10-12-20)22(24)15-8-17-6-13-21(14-7-17)25-16-18-4-2-1-3-5-18/h1-15H,16H2. The molecule has 0 heterocycles. The van der Waals surface area contributed by atoms with Gasteiger partial charge in [0.2, 0.25) is 0 Å². The van der Waals surface area contributed by atoms with Crippen molar-refractivity contribution in [2.45, 2.75) is 6.61 Å². The van der Waals surface area contributed by atoms with Gasteiger partial charge in [0, 0.05) is 10.6 Å². The number of benzene rings is 3. The van der Waals surface area contributed by atoms with E-state index in [1.807, 2.05) is 54.6 Å². The predicted molar refractivity (Wildman–Crippen MR) is 102 cm³/mol. The molecule has 124 valence electrons. The summed E-state index contributed by atoms with van der Waals surface area (Å²) in [6.45, 7) is 0.533. The van der Waals surface area contributed by atoms with Gasteiger partial charge in [-0.25, -0.2) is 0 Å². The van der Waals surface area contributed by atoms with Crippen molar-refractivity contribution in [1.29, 1.82) is 0 Å². The quantitative estimate of drug-likeness (QED) is 0.414. The van der Waals surface area contributed by atoms with Gasteiger partial charge in [-0.15, -0.1) is 0 Å². The molecule has 0 aliphatic heterocycles. The van der Waals surface area contributed by atoms with Crippen molar-refractivity contribution in [3.05, 3.63) is 107 Å². The van der Waals surface area contributed by atoms with Gasteiger partial charge in [0.1, 0.15) is 12.4 Å². The largest absolute Gasteiger partial charge is 0.489 e. The molecule has 3 aromatic rings. The molecule has 0 saturated heterocycles. The molecule has 0 N–H and O–H groups in total. The highest BCUT2D eigenvalue weighted by molar-refractivity contribution is 6.30. The van der Waals surface area contributed by atoms with E-state index in [4.69, 9.17) is 16.3 Å². The molecule has 3 rings (SSSR count). The molecule has 0 aliphatic rings. The van der Waals surface area contributed by atoms with Gasteiger partial charge >= 0.3 is 0 Å². The Kier molecular flexibility index (Phi) is 5.65. The molecule has 2 nitrogen and oxygen atoms in total. The van der Waals surface area contributed by atoms with Crippen LogP contribution in [0.2, 0.25) is 5.02 Å². The average molecular weight is 349 g/mol. The maximum Gasteiger partial charge on any atom is 0.185 e. The molecular weight excluding hydrogens is 332 g/mol. The SMILES string of the molecule is O=C(C=Cc1ccc(OCc2ccccc2)cc1)c1ccc(Cl)cc1. The molecule has 0 aromatic heterocycles. The Morgan fingerprint density at radius 1 is 0.880 bits per heavy atom. The van der Waals surface area contributed by atoms with Crippen LogP contribution in [-0.2, 0) is 6.61 Å². The fourth-order valence-corrected chi connectivity index (χ4v) is 2.42. The number of carbonyl (C=O) groups excluding carboxylic acids is 1. The number of hydrogen-bond donors (Lipinski definition) is 0. The van der Waals surface area contributed by atoms with Gasteiger partial charge in [0.15, 0.2) is 5.78 Å². The van der Waals surface area contributed by atoms with Crippen LogP contribution in [0.1, 0.15) is 21.5 Å². The Morgan fingerprint density at radius 3 is 2.24 bits per heavy atom. The lowest BCUT2D eigenvalue weighted by Gasteiger charge is -2.06. The molecule has 0 radical (unpaired) electrons. The van der Waals surface area contributed by atoms with Gasteiger partial charge in [-0.3, -0.25) is 4.79 Å². The van der Waals surface area contributed by atoms with Crippen LogP contribution in [0.25, 0.3) is 6.08 Å². The molecule has 25 heavy (non-hydrogen) atoms. The number of ether oxygens (including phenoxy) is 1. The van der Waals surface area contributed by atoms with Crippen LogP contribution >= 0.6 is 11.6 Å². The number of halogens is 1. The Bertz CT molecular complexity index is 851. The molecule has 0 fully saturated rings. The molecule has 0 amide bonds. The highest BCUT2D eigenvalue weighted by atomic mass is 35.5. The van der Waals surface area contributed by atoms with Gasteiger partial charge in [0.25, 0.3) is 0 Å². The lowest BCUT2D eigenvalue weighted by Crippen LogP contribution is -1.95. The maximum absolute atomic E-state index is 12.1. The second kappa shape index (κ2) is 8.32. The van der Waals surface area contributed by atoms with Crippen molar-refractivity contribution in [3.8, 4) is 5.75 Å². The first-order chi connectivity index (χ1) is 12.2. The Morgan fingerprint density at radius 2 is 1.56 bits per heavy atom. The van der Waals surface area contributed by atoms with E-state index < -0.39 is 0 Å². The summed E-state index contributed by atoms with van der Waals surface area (Å²) < 4.78 is 5.75. The van der Waals surface area contributed by atoms with Gasteiger partial charge in [-0.05, 0) is 53.6 Å². The molecule has 0 bridgehead atoms. The van der Waals surface area contributed by atoms with E-state index in [9.17, 15) is 4.79 Å². The van der Waals surface area contributed by atoms with Crippen molar-refractivity contribution in [3.63, 3.8) is 0 Å². The van der Waals surface area contributed by atoms with Crippen LogP contribution in [0, 0.1) is 0 Å². The minimum atomic E-state index is -0.0546. The zero-order valence-electron chi connectivity index (χ0n) is 13.6. The minimum absolute atomic E-state index is 0.0546. The fraction of sp³-hybridized carbons (Fsp3) is 0.0455. The second-order valence-corrected chi connectivity index (χ2v) is 5.98. The van der Waals surface area contributed by atoms with Crippen molar-refractivity contribution in [2.75, 3.05) is 0 Å². The van der Waals surface area contributed by atoms with Crippen molar-refractivity contribution < 1.29 is 9.53 Å².